The maximum atomic E-state index is 5.90. The van der Waals surface area contributed by atoms with E-state index in [1.54, 1.807) is 0 Å². The number of fused-ring (bicyclic) bond motifs is 1. The minimum Gasteiger partial charge on any atom is -0.398 e. The summed E-state index contributed by atoms with van der Waals surface area (Å²) in [5, 5.41) is 8.08. The van der Waals surface area contributed by atoms with E-state index in [2.05, 4.69) is 10.2 Å². The topological polar surface area (TPSA) is 54.7 Å². The predicted octanol–water partition coefficient (Wildman–Crippen LogP) is 1.76. The van der Waals surface area contributed by atoms with Crippen LogP contribution in [0.1, 0.15) is 11.3 Å². The van der Waals surface area contributed by atoms with Crippen molar-refractivity contribution < 1.29 is 0 Å². The number of H-pyrrole nitrogens is 1. The van der Waals surface area contributed by atoms with Gasteiger partial charge < -0.3 is 5.73 Å². The molecule has 2 aromatic rings. The molecule has 3 heteroatoms. The Labute approximate surface area is 70.6 Å². The zero-order chi connectivity index (χ0) is 8.72. The van der Waals surface area contributed by atoms with Crippen molar-refractivity contribution in [2.24, 2.45) is 0 Å². The number of hydrogen-bond acceptors (Lipinski definition) is 2. The summed E-state index contributed by atoms with van der Waals surface area (Å²) >= 11 is 0. The van der Waals surface area contributed by atoms with Crippen LogP contribution in [0.2, 0.25) is 0 Å². The van der Waals surface area contributed by atoms with E-state index >= 15 is 0 Å². The average Bonchev–Trinajstić information content (AvgIpc) is 2.41. The molecule has 12 heavy (non-hydrogen) atoms. The lowest BCUT2D eigenvalue weighted by Crippen LogP contribution is -1.90. The van der Waals surface area contributed by atoms with E-state index < -0.39 is 0 Å². The predicted molar refractivity (Wildman–Crippen MR) is 50.0 cm³/mol. The van der Waals surface area contributed by atoms with Crippen molar-refractivity contribution in [2.75, 3.05) is 5.73 Å². The molecule has 1 heterocycles. The SMILES string of the molecule is Cc1ccc2n[nH]c(C)c2c1N. The van der Waals surface area contributed by atoms with Crippen LogP contribution >= 0.6 is 0 Å². The van der Waals surface area contributed by atoms with Crippen LogP contribution in [0.4, 0.5) is 5.69 Å². The van der Waals surface area contributed by atoms with Gasteiger partial charge >= 0.3 is 0 Å². The third kappa shape index (κ3) is 0.794. The first-order chi connectivity index (χ1) is 5.70. The Kier molecular flexibility index (Phi) is 1.33. The molecule has 62 valence electrons. The number of hydrogen-bond donors (Lipinski definition) is 2. The summed E-state index contributed by atoms with van der Waals surface area (Å²) in [6, 6.07) is 3.96. The van der Waals surface area contributed by atoms with E-state index in [4.69, 9.17) is 5.73 Å². The number of nitrogens with zero attached hydrogens (tertiary/aromatic N) is 1. The van der Waals surface area contributed by atoms with Crippen LogP contribution in [-0.4, -0.2) is 10.2 Å². The quantitative estimate of drug-likeness (QED) is 0.578. The van der Waals surface area contributed by atoms with Gasteiger partial charge in [0.25, 0.3) is 0 Å². The van der Waals surface area contributed by atoms with Crippen molar-refractivity contribution in [1.82, 2.24) is 10.2 Å². The van der Waals surface area contributed by atoms with E-state index in [0.717, 1.165) is 27.8 Å². The van der Waals surface area contributed by atoms with Crippen LogP contribution in [0.25, 0.3) is 10.9 Å². The lowest BCUT2D eigenvalue weighted by Gasteiger charge is -2.00. The Morgan fingerprint density at radius 3 is 2.83 bits per heavy atom. The summed E-state index contributed by atoms with van der Waals surface area (Å²) in [4.78, 5) is 0. The van der Waals surface area contributed by atoms with Gasteiger partial charge in [0.05, 0.1) is 5.52 Å². The van der Waals surface area contributed by atoms with Gasteiger partial charge in [0.2, 0.25) is 0 Å². The lowest BCUT2D eigenvalue weighted by atomic mass is 10.1. The van der Waals surface area contributed by atoms with E-state index in [0.29, 0.717) is 0 Å². The van der Waals surface area contributed by atoms with Gasteiger partial charge in [-0.15, -0.1) is 0 Å². The average molecular weight is 161 g/mol. The number of nitrogens with one attached hydrogen (secondary N) is 1. The number of anilines is 1. The molecule has 0 aliphatic carbocycles. The van der Waals surface area contributed by atoms with Crippen molar-refractivity contribution in [3.8, 4) is 0 Å². The van der Waals surface area contributed by atoms with E-state index in [9.17, 15) is 0 Å². The molecule has 3 N–H and O–H groups in total. The van der Waals surface area contributed by atoms with Gasteiger partial charge in [0.1, 0.15) is 0 Å². The number of benzene rings is 1. The number of nitrogens with two attached hydrogens (primary N) is 1. The molecule has 3 nitrogen and oxygen atoms in total. The summed E-state index contributed by atoms with van der Waals surface area (Å²) < 4.78 is 0. The Hall–Kier alpha value is -1.51. The fourth-order valence-corrected chi connectivity index (χ4v) is 1.40. The van der Waals surface area contributed by atoms with Crippen LogP contribution in [0.5, 0.6) is 0 Å². The highest BCUT2D eigenvalue weighted by atomic mass is 15.1. The van der Waals surface area contributed by atoms with Gasteiger partial charge in [-0.2, -0.15) is 5.10 Å². The van der Waals surface area contributed by atoms with E-state index in [1.807, 2.05) is 26.0 Å². The van der Waals surface area contributed by atoms with Gasteiger partial charge in [0.15, 0.2) is 0 Å². The highest BCUT2D eigenvalue weighted by molar-refractivity contribution is 5.93. The first kappa shape index (κ1) is 7.16. The number of aromatic nitrogens is 2. The third-order valence-electron chi connectivity index (χ3n) is 2.16. The minimum absolute atomic E-state index is 0.832. The van der Waals surface area contributed by atoms with Gasteiger partial charge in [0, 0.05) is 16.8 Å². The molecule has 0 atom stereocenters. The number of aryl methyl sites for hydroxylation is 2. The maximum Gasteiger partial charge on any atom is 0.0944 e. The minimum atomic E-state index is 0.832. The summed E-state index contributed by atoms with van der Waals surface area (Å²) in [6.45, 7) is 3.98. The molecular weight excluding hydrogens is 150 g/mol. The molecule has 0 saturated heterocycles. The number of nitrogen functional groups attached to an aromatic ring is 1. The second kappa shape index (κ2) is 2.24. The molecule has 0 saturated carbocycles. The van der Waals surface area contributed by atoms with Crippen LogP contribution in [-0.2, 0) is 0 Å². The zero-order valence-corrected chi connectivity index (χ0v) is 7.18. The van der Waals surface area contributed by atoms with Gasteiger partial charge in [-0.1, -0.05) is 6.07 Å². The van der Waals surface area contributed by atoms with Gasteiger partial charge in [-0.05, 0) is 25.5 Å². The van der Waals surface area contributed by atoms with Crippen molar-refractivity contribution in [2.45, 2.75) is 13.8 Å². The maximum absolute atomic E-state index is 5.90. The van der Waals surface area contributed by atoms with Crippen molar-refractivity contribution in [1.29, 1.82) is 0 Å². The Balaban J connectivity index is 2.96. The van der Waals surface area contributed by atoms with Crippen molar-refractivity contribution >= 4 is 16.6 Å². The normalized spacial score (nSPS) is 10.8. The fraction of sp³-hybridized carbons (Fsp3) is 0.222. The molecule has 1 aromatic heterocycles. The molecule has 0 fully saturated rings. The zero-order valence-electron chi connectivity index (χ0n) is 7.18. The molecule has 0 amide bonds. The summed E-state index contributed by atoms with van der Waals surface area (Å²) in [5.74, 6) is 0. The highest BCUT2D eigenvalue weighted by Gasteiger charge is 2.05. The molecule has 0 unspecified atom stereocenters. The van der Waals surface area contributed by atoms with Crippen molar-refractivity contribution in [3.05, 3.63) is 23.4 Å². The Morgan fingerprint density at radius 2 is 2.08 bits per heavy atom. The van der Waals surface area contributed by atoms with Crippen LogP contribution in [0.15, 0.2) is 12.1 Å². The molecule has 2 rings (SSSR count). The van der Waals surface area contributed by atoms with E-state index in [-0.39, 0.29) is 0 Å². The van der Waals surface area contributed by atoms with Crippen LogP contribution < -0.4 is 5.73 Å². The largest absolute Gasteiger partial charge is 0.398 e. The summed E-state index contributed by atoms with van der Waals surface area (Å²) in [7, 11) is 0. The van der Waals surface area contributed by atoms with Crippen LogP contribution in [0, 0.1) is 13.8 Å². The number of aromatic amines is 1. The standard InChI is InChI=1S/C9H11N3/c1-5-3-4-7-8(9(5)10)6(2)11-12-7/h3-4H,10H2,1-2H3,(H,11,12). The molecule has 1 aromatic carbocycles. The fourth-order valence-electron chi connectivity index (χ4n) is 1.40. The number of rotatable bonds is 0. The molecule has 0 radical (unpaired) electrons. The van der Waals surface area contributed by atoms with Crippen LogP contribution in [0.3, 0.4) is 0 Å². The first-order valence-electron chi connectivity index (χ1n) is 3.90. The summed E-state index contributed by atoms with van der Waals surface area (Å²) in [5.41, 5.74) is 9.81. The summed E-state index contributed by atoms with van der Waals surface area (Å²) in [6.07, 6.45) is 0. The monoisotopic (exact) mass is 161 g/mol. The molecule has 0 aliphatic heterocycles. The molecule has 0 aliphatic rings. The second-order valence-corrected chi connectivity index (χ2v) is 3.04. The highest BCUT2D eigenvalue weighted by Crippen LogP contribution is 2.24. The van der Waals surface area contributed by atoms with Gasteiger partial charge in [-0.3, -0.25) is 5.10 Å². The molecule has 0 bridgehead atoms. The second-order valence-electron chi connectivity index (χ2n) is 3.04. The first-order valence-corrected chi connectivity index (χ1v) is 3.90. The Morgan fingerprint density at radius 1 is 1.33 bits per heavy atom. The van der Waals surface area contributed by atoms with Gasteiger partial charge in [-0.25, -0.2) is 0 Å². The smallest absolute Gasteiger partial charge is 0.0944 e. The lowest BCUT2D eigenvalue weighted by molar-refractivity contribution is 1.07. The molecule has 0 spiro atoms. The molecular formula is C9H11N3. The third-order valence-corrected chi connectivity index (χ3v) is 2.16. The Bertz CT molecular complexity index is 429. The van der Waals surface area contributed by atoms with E-state index in [1.165, 1.54) is 0 Å². The van der Waals surface area contributed by atoms with Crippen molar-refractivity contribution in [3.63, 3.8) is 0 Å².